The van der Waals surface area contributed by atoms with Crippen LogP contribution < -0.4 is 10.2 Å². The summed E-state index contributed by atoms with van der Waals surface area (Å²) in [6, 6.07) is 5.88. The van der Waals surface area contributed by atoms with Gasteiger partial charge in [0.1, 0.15) is 0 Å². The van der Waals surface area contributed by atoms with Gasteiger partial charge in [-0.05, 0) is 18.2 Å². The lowest BCUT2D eigenvalue weighted by atomic mass is 10.2. The lowest BCUT2D eigenvalue weighted by Gasteiger charge is -2.29. The normalized spacial score (nSPS) is 14.8. The highest BCUT2D eigenvalue weighted by Gasteiger charge is 2.22. The number of nitrogens with zero attached hydrogens (tertiary/aromatic N) is 1. The first-order valence-corrected chi connectivity index (χ1v) is 6.09. The minimum absolute atomic E-state index is 0.0923. The van der Waals surface area contributed by atoms with Crippen LogP contribution in [-0.2, 0) is 4.79 Å². The smallest absolute Gasteiger partial charge is 0.246 e. The molecule has 5 heteroatoms. The number of carbonyl (C=O) groups is 1. The predicted octanol–water partition coefficient (Wildman–Crippen LogP) is 2.14. The number of thiol groups is 1. The van der Waals surface area contributed by atoms with Crippen LogP contribution in [0.4, 0.5) is 11.4 Å². The van der Waals surface area contributed by atoms with E-state index in [2.05, 4.69) is 33.9 Å². The van der Waals surface area contributed by atoms with Crippen molar-refractivity contribution in [1.29, 1.82) is 0 Å². The molecule has 1 heterocycles. The highest BCUT2D eigenvalue weighted by Crippen LogP contribution is 2.32. The van der Waals surface area contributed by atoms with Crippen molar-refractivity contribution in [3.8, 4) is 0 Å². The second-order valence-electron chi connectivity index (χ2n) is 3.28. The Kier molecular flexibility index (Phi) is 3.21. The van der Waals surface area contributed by atoms with Gasteiger partial charge in [0, 0.05) is 16.8 Å². The second-order valence-corrected chi connectivity index (χ2v) is 4.65. The van der Waals surface area contributed by atoms with Crippen molar-refractivity contribution in [2.75, 3.05) is 29.1 Å². The number of nitrogens with one attached hydrogen (secondary N) is 1. The second kappa shape index (κ2) is 4.45. The number of fused-ring (bicyclic) bond motifs is 1. The Morgan fingerprint density at radius 2 is 2.33 bits per heavy atom. The monoisotopic (exact) mass is 286 g/mol. The molecule has 3 nitrogen and oxygen atoms in total. The Morgan fingerprint density at radius 1 is 1.53 bits per heavy atom. The molecule has 2 rings (SSSR count). The van der Waals surface area contributed by atoms with Gasteiger partial charge in [-0.2, -0.15) is 12.6 Å². The maximum absolute atomic E-state index is 11.7. The summed E-state index contributed by atoms with van der Waals surface area (Å²) in [5.41, 5.74) is 1.93. The zero-order valence-corrected chi connectivity index (χ0v) is 10.5. The molecule has 0 aliphatic carbocycles. The van der Waals surface area contributed by atoms with Gasteiger partial charge < -0.3 is 10.2 Å². The minimum atomic E-state index is 0.0923. The molecule has 1 amide bonds. The van der Waals surface area contributed by atoms with Crippen molar-refractivity contribution >= 4 is 45.8 Å². The summed E-state index contributed by atoms with van der Waals surface area (Å²) < 4.78 is 0.974. The largest absolute Gasteiger partial charge is 0.374 e. The van der Waals surface area contributed by atoms with Crippen molar-refractivity contribution in [2.24, 2.45) is 0 Å². The first-order valence-electron chi connectivity index (χ1n) is 4.67. The molecule has 0 radical (unpaired) electrons. The number of halogens is 1. The molecule has 1 aromatic rings. The third-order valence-electron chi connectivity index (χ3n) is 2.31. The first-order chi connectivity index (χ1) is 7.22. The Morgan fingerprint density at radius 3 is 3.07 bits per heavy atom. The Bertz CT molecular complexity index is 397. The van der Waals surface area contributed by atoms with Gasteiger partial charge in [-0.15, -0.1) is 0 Å². The Hall–Kier alpha value is -0.680. The Labute approximate surface area is 102 Å². The standard InChI is InChI=1S/C10H11BrN2OS/c11-7-1-2-8-9(5-7)13(3-4-15)10(14)6-12-8/h1-2,5,12,15H,3-4,6H2. The lowest BCUT2D eigenvalue weighted by molar-refractivity contribution is -0.117. The fourth-order valence-electron chi connectivity index (χ4n) is 1.62. The van der Waals surface area contributed by atoms with Crippen LogP contribution in [0.3, 0.4) is 0 Å². The van der Waals surface area contributed by atoms with Crippen LogP contribution in [0.25, 0.3) is 0 Å². The predicted molar refractivity (Wildman–Crippen MR) is 68.8 cm³/mol. The molecule has 0 unspecified atom stereocenters. The first kappa shape index (κ1) is 10.8. The highest BCUT2D eigenvalue weighted by atomic mass is 79.9. The summed E-state index contributed by atoms with van der Waals surface area (Å²) in [5.74, 6) is 0.757. The van der Waals surface area contributed by atoms with E-state index in [9.17, 15) is 4.79 Å². The van der Waals surface area contributed by atoms with E-state index in [0.717, 1.165) is 15.8 Å². The summed E-state index contributed by atoms with van der Waals surface area (Å²) in [7, 11) is 0. The molecule has 15 heavy (non-hydrogen) atoms. The maximum Gasteiger partial charge on any atom is 0.246 e. The number of amides is 1. The molecule has 1 aliphatic heterocycles. The van der Waals surface area contributed by atoms with Gasteiger partial charge in [0.25, 0.3) is 0 Å². The molecule has 1 aromatic carbocycles. The van der Waals surface area contributed by atoms with Gasteiger partial charge >= 0.3 is 0 Å². The fraction of sp³-hybridized carbons (Fsp3) is 0.300. The van der Waals surface area contributed by atoms with Gasteiger partial charge in [0.05, 0.1) is 17.9 Å². The van der Waals surface area contributed by atoms with E-state index in [-0.39, 0.29) is 5.91 Å². The summed E-state index contributed by atoms with van der Waals surface area (Å²) in [5, 5.41) is 3.09. The average Bonchev–Trinajstić information content (AvgIpc) is 2.23. The van der Waals surface area contributed by atoms with E-state index >= 15 is 0 Å². The molecule has 0 atom stereocenters. The number of carbonyl (C=O) groups excluding carboxylic acids is 1. The molecular formula is C10H11BrN2OS. The zero-order chi connectivity index (χ0) is 10.8. The summed E-state index contributed by atoms with van der Waals surface area (Å²) in [6.45, 7) is 1.01. The van der Waals surface area contributed by atoms with Gasteiger partial charge in [0.15, 0.2) is 0 Å². The van der Waals surface area contributed by atoms with Crippen LogP contribution in [0.1, 0.15) is 0 Å². The third-order valence-corrected chi connectivity index (χ3v) is 3.00. The number of hydrogen-bond donors (Lipinski definition) is 2. The van der Waals surface area contributed by atoms with E-state index in [1.165, 1.54) is 0 Å². The number of hydrogen-bond acceptors (Lipinski definition) is 3. The molecule has 1 N–H and O–H groups in total. The molecule has 0 spiro atoms. The summed E-state index contributed by atoms with van der Waals surface area (Å²) >= 11 is 7.57. The average molecular weight is 287 g/mol. The quantitative estimate of drug-likeness (QED) is 0.817. The highest BCUT2D eigenvalue weighted by molar-refractivity contribution is 9.10. The fourth-order valence-corrected chi connectivity index (χ4v) is 2.17. The number of anilines is 2. The van der Waals surface area contributed by atoms with Crippen LogP contribution >= 0.6 is 28.6 Å². The van der Waals surface area contributed by atoms with Crippen molar-refractivity contribution in [3.63, 3.8) is 0 Å². The van der Waals surface area contributed by atoms with E-state index in [4.69, 9.17) is 0 Å². The Balaban J connectivity index is 2.41. The number of rotatable bonds is 2. The van der Waals surface area contributed by atoms with Crippen molar-refractivity contribution in [1.82, 2.24) is 0 Å². The van der Waals surface area contributed by atoms with Crippen LogP contribution in [0, 0.1) is 0 Å². The zero-order valence-electron chi connectivity index (χ0n) is 8.03. The molecule has 1 aliphatic rings. The van der Waals surface area contributed by atoms with E-state index in [1.807, 2.05) is 18.2 Å². The van der Waals surface area contributed by atoms with Crippen molar-refractivity contribution < 1.29 is 4.79 Å². The van der Waals surface area contributed by atoms with Gasteiger partial charge in [-0.25, -0.2) is 0 Å². The number of benzene rings is 1. The maximum atomic E-state index is 11.7. The molecule has 0 fully saturated rings. The van der Waals surface area contributed by atoms with Crippen molar-refractivity contribution in [2.45, 2.75) is 0 Å². The summed E-state index contributed by atoms with van der Waals surface area (Å²) in [4.78, 5) is 13.4. The molecule has 0 bridgehead atoms. The topological polar surface area (TPSA) is 32.3 Å². The molecule has 0 saturated carbocycles. The van der Waals surface area contributed by atoms with E-state index < -0.39 is 0 Å². The van der Waals surface area contributed by atoms with Crippen LogP contribution in [0.2, 0.25) is 0 Å². The molecule has 80 valence electrons. The van der Waals surface area contributed by atoms with Crippen LogP contribution in [0.15, 0.2) is 22.7 Å². The van der Waals surface area contributed by atoms with E-state index in [1.54, 1.807) is 4.90 Å². The third kappa shape index (κ3) is 2.13. The van der Waals surface area contributed by atoms with Gasteiger partial charge in [0.2, 0.25) is 5.91 Å². The molecule has 0 aromatic heterocycles. The van der Waals surface area contributed by atoms with Gasteiger partial charge in [-0.1, -0.05) is 15.9 Å². The molecular weight excluding hydrogens is 276 g/mol. The SMILES string of the molecule is O=C1CNc2ccc(Br)cc2N1CCS. The van der Waals surface area contributed by atoms with E-state index in [0.29, 0.717) is 18.8 Å². The summed E-state index contributed by atoms with van der Waals surface area (Å²) in [6.07, 6.45) is 0. The van der Waals surface area contributed by atoms with Crippen LogP contribution in [-0.4, -0.2) is 24.7 Å². The van der Waals surface area contributed by atoms with Crippen molar-refractivity contribution in [3.05, 3.63) is 22.7 Å². The molecule has 0 saturated heterocycles. The van der Waals surface area contributed by atoms with Crippen LogP contribution in [0.5, 0.6) is 0 Å². The lowest BCUT2D eigenvalue weighted by Crippen LogP contribution is -2.41. The van der Waals surface area contributed by atoms with Gasteiger partial charge in [-0.3, -0.25) is 4.79 Å². The minimum Gasteiger partial charge on any atom is -0.374 e.